The third kappa shape index (κ3) is 2.49. The first-order valence-corrected chi connectivity index (χ1v) is 7.47. The number of hydrogen-bond donors (Lipinski definition) is 0. The second-order valence-corrected chi connectivity index (χ2v) is 5.61. The first-order chi connectivity index (χ1) is 11.2. The molecule has 0 N–H and O–H groups in total. The molecule has 3 aromatic rings. The molecule has 7 nitrogen and oxygen atoms in total. The van der Waals surface area contributed by atoms with Gasteiger partial charge in [0.2, 0.25) is 12.2 Å². The molecule has 0 radical (unpaired) electrons. The van der Waals surface area contributed by atoms with Gasteiger partial charge in [0, 0.05) is 24.5 Å². The molecule has 4 heterocycles. The van der Waals surface area contributed by atoms with Crippen LogP contribution in [-0.4, -0.2) is 45.0 Å². The van der Waals surface area contributed by atoms with Crippen LogP contribution in [-0.2, 0) is 4.74 Å². The Morgan fingerprint density at radius 1 is 1.43 bits per heavy atom. The number of nitrogens with zero attached hydrogens (tertiary/aromatic N) is 4. The lowest BCUT2D eigenvalue weighted by molar-refractivity contribution is -0.0276. The van der Waals surface area contributed by atoms with Crippen molar-refractivity contribution in [3.8, 4) is 0 Å². The van der Waals surface area contributed by atoms with E-state index in [1.165, 1.54) is 6.39 Å². The third-order valence-corrected chi connectivity index (χ3v) is 4.11. The van der Waals surface area contributed by atoms with Crippen molar-refractivity contribution in [2.24, 2.45) is 0 Å². The summed E-state index contributed by atoms with van der Waals surface area (Å²) >= 11 is 0. The SMILES string of the molecule is Cc1cccn2cc(C(=O)N3CCOC(c4ncon4)C3)cc12. The Kier molecular flexibility index (Phi) is 3.34. The number of carbonyl (C=O) groups excluding carboxylic acids is 1. The van der Waals surface area contributed by atoms with Gasteiger partial charge in [-0.05, 0) is 24.6 Å². The Labute approximate surface area is 132 Å². The van der Waals surface area contributed by atoms with Gasteiger partial charge in [0.1, 0.15) is 6.10 Å². The number of fused-ring (bicyclic) bond motifs is 1. The highest BCUT2D eigenvalue weighted by atomic mass is 16.5. The lowest BCUT2D eigenvalue weighted by atomic mass is 10.2. The third-order valence-electron chi connectivity index (χ3n) is 4.11. The highest BCUT2D eigenvalue weighted by Crippen LogP contribution is 2.22. The van der Waals surface area contributed by atoms with E-state index in [4.69, 9.17) is 9.26 Å². The van der Waals surface area contributed by atoms with Gasteiger partial charge in [-0.3, -0.25) is 4.79 Å². The molecule has 1 aliphatic heterocycles. The van der Waals surface area contributed by atoms with Crippen molar-refractivity contribution in [2.75, 3.05) is 19.7 Å². The Morgan fingerprint density at radius 2 is 2.35 bits per heavy atom. The maximum absolute atomic E-state index is 12.8. The number of ether oxygens (including phenoxy) is 1. The van der Waals surface area contributed by atoms with Crippen LogP contribution >= 0.6 is 0 Å². The van der Waals surface area contributed by atoms with Crippen LogP contribution in [0.15, 0.2) is 41.5 Å². The molecule has 23 heavy (non-hydrogen) atoms. The summed E-state index contributed by atoms with van der Waals surface area (Å²) in [5.74, 6) is 0.463. The zero-order chi connectivity index (χ0) is 15.8. The zero-order valence-corrected chi connectivity index (χ0v) is 12.7. The van der Waals surface area contributed by atoms with Gasteiger partial charge >= 0.3 is 0 Å². The molecular weight excluding hydrogens is 296 g/mol. The largest absolute Gasteiger partial charge is 0.366 e. The van der Waals surface area contributed by atoms with Crippen molar-refractivity contribution in [1.29, 1.82) is 0 Å². The standard InChI is InChI=1S/C16H16N4O3/c1-11-3-2-4-19-8-12(7-13(11)19)16(21)20-5-6-22-14(9-20)15-17-10-23-18-15/h2-4,7-8,10,14H,5-6,9H2,1H3. The Morgan fingerprint density at radius 3 is 3.13 bits per heavy atom. The van der Waals surface area contributed by atoms with Crippen molar-refractivity contribution >= 4 is 11.4 Å². The molecule has 1 amide bonds. The van der Waals surface area contributed by atoms with Gasteiger partial charge in [0.15, 0.2) is 0 Å². The smallest absolute Gasteiger partial charge is 0.255 e. The molecule has 0 bridgehead atoms. The summed E-state index contributed by atoms with van der Waals surface area (Å²) in [5.41, 5.74) is 2.85. The predicted molar refractivity (Wildman–Crippen MR) is 81.0 cm³/mol. The predicted octanol–water partition coefficient (Wildman–Crippen LogP) is 1.84. The maximum Gasteiger partial charge on any atom is 0.255 e. The van der Waals surface area contributed by atoms with Gasteiger partial charge in [-0.25, -0.2) is 0 Å². The molecule has 1 unspecified atom stereocenters. The summed E-state index contributed by atoms with van der Waals surface area (Å²) < 4.78 is 12.4. The monoisotopic (exact) mass is 312 g/mol. The van der Waals surface area contributed by atoms with E-state index >= 15 is 0 Å². The van der Waals surface area contributed by atoms with E-state index in [2.05, 4.69) is 10.1 Å². The number of pyridine rings is 1. The molecule has 0 saturated carbocycles. The number of amides is 1. The lowest BCUT2D eigenvalue weighted by Gasteiger charge is -2.31. The molecule has 1 atom stereocenters. The number of rotatable bonds is 2. The fourth-order valence-electron chi connectivity index (χ4n) is 2.89. The topological polar surface area (TPSA) is 72.9 Å². The van der Waals surface area contributed by atoms with Gasteiger partial charge < -0.3 is 18.6 Å². The van der Waals surface area contributed by atoms with Gasteiger partial charge in [-0.1, -0.05) is 11.2 Å². The number of aryl methyl sites for hydroxylation is 1. The first kappa shape index (κ1) is 14.0. The maximum atomic E-state index is 12.8. The van der Waals surface area contributed by atoms with Crippen LogP contribution in [0.5, 0.6) is 0 Å². The molecule has 3 aromatic heterocycles. The Balaban J connectivity index is 1.58. The fraction of sp³-hybridized carbons (Fsp3) is 0.312. The molecule has 7 heteroatoms. The van der Waals surface area contributed by atoms with Crippen LogP contribution in [0.3, 0.4) is 0 Å². The van der Waals surface area contributed by atoms with E-state index in [0.29, 0.717) is 31.1 Å². The van der Waals surface area contributed by atoms with Crippen LogP contribution in [0.1, 0.15) is 27.8 Å². The molecule has 0 aromatic carbocycles. The van der Waals surface area contributed by atoms with Crippen molar-refractivity contribution in [3.05, 3.63) is 53.9 Å². The second kappa shape index (κ2) is 5.51. The van der Waals surface area contributed by atoms with E-state index in [1.807, 2.05) is 41.9 Å². The summed E-state index contributed by atoms with van der Waals surface area (Å²) in [6.07, 6.45) is 4.73. The highest BCUT2D eigenvalue weighted by molar-refractivity contribution is 5.96. The zero-order valence-electron chi connectivity index (χ0n) is 12.7. The summed E-state index contributed by atoms with van der Waals surface area (Å²) in [7, 11) is 0. The van der Waals surface area contributed by atoms with E-state index in [1.54, 1.807) is 4.90 Å². The molecule has 1 aliphatic rings. The van der Waals surface area contributed by atoms with Crippen molar-refractivity contribution < 1.29 is 14.1 Å². The Hall–Kier alpha value is -2.67. The molecule has 4 rings (SSSR count). The normalized spacial score (nSPS) is 18.5. The lowest BCUT2D eigenvalue weighted by Crippen LogP contribution is -2.42. The van der Waals surface area contributed by atoms with Crippen LogP contribution in [0.25, 0.3) is 5.52 Å². The number of morpholine rings is 1. The van der Waals surface area contributed by atoms with Crippen LogP contribution in [0.2, 0.25) is 0 Å². The first-order valence-electron chi connectivity index (χ1n) is 7.47. The minimum atomic E-state index is -0.342. The highest BCUT2D eigenvalue weighted by Gasteiger charge is 2.29. The van der Waals surface area contributed by atoms with Gasteiger partial charge in [0.05, 0.1) is 18.7 Å². The molecule has 0 spiro atoms. The fourth-order valence-corrected chi connectivity index (χ4v) is 2.89. The van der Waals surface area contributed by atoms with Crippen molar-refractivity contribution in [1.82, 2.24) is 19.4 Å². The van der Waals surface area contributed by atoms with E-state index in [-0.39, 0.29) is 12.0 Å². The molecule has 0 aliphatic carbocycles. The molecule has 1 fully saturated rings. The summed E-state index contributed by atoms with van der Waals surface area (Å²) in [6.45, 7) is 3.46. The minimum Gasteiger partial charge on any atom is -0.366 e. The molecule has 118 valence electrons. The summed E-state index contributed by atoms with van der Waals surface area (Å²) in [6, 6.07) is 5.93. The van der Waals surface area contributed by atoms with E-state index in [9.17, 15) is 4.79 Å². The average Bonchev–Trinajstić information content (AvgIpc) is 3.24. The van der Waals surface area contributed by atoms with Gasteiger partial charge in [-0.2, -0.15) is 4.98 Å². The Bertz CT molecular complexity index is 840. The van der Waals surface area contributed by atoms with Crippen LogP contribution in [0.4, 0.5) is 0 Å². The number of aromatic nitrogens is 3. The van der Waals surface area contributed by atoms with Crippen LogP contribution < -0.4 is 0 Å². The van der Waals surface area contributed by atoms with Crippen LogP contribution in [0, 0.1) is 6.92 Å². The van der Waals surface area contributed by atoms with E-state index in [0.717, 1.165) is 11.1 Å². The van der Waals surface area contributed by atoms with Crippen molar-refractivity contribution in [2.45, 2.75) is 13.0 Å². The van der Waals surface area contributed by atoms with Gasteiger partial charge in [0.25, 0.3) is 5.91 Å². The minimum absolute atomic E-state index is 0.00936. The van der Waals surface area contributed by atoms with Crippen molar-refractivity contribution in [3.63, 3.8) is 0 Å². The van der Waals surface area contributed by atoms with E-state index < -0.39 is 0 Å². The second-order valence-electron chi connectivity index (χ2n) is 5.61. The average molecular weight is 312 g/mol. The number of carbonyl (C=O) groups is 1. The molecule has 1 saturated heterocycles. The molecular formula is C16H16N4O3. The number of hydrogen-bond acceptors (Lipinski definition) is 5. The summed E-state index contributed by atoms with van der Waals surface area (Å²) in [5, 5.41) is 3.80. The summed E-state index contributed by atoms with van der Waals surface area (Å²) in [4.78, 5) is 18.6. The quantitative estimate of drug-likeness (QED) is 0.722. The van der Waals surface area contributed by atoms with Gasteiger partial charge in [-0.15, -0.1) is 0 Å².